The zero-order chi connectivity index (χ0) is 15.0. The van der Waals surface area contributed by atoms with Crippen molar-refractivity contribution in [2.45, 2.75) is 40.2 Å². The lowest BCUT2D eigenvalue weighted by Crippen LogP contribution is -2.11. The lowest BCUT2D eigenvalue weighted by atomic mass is 10.00. The molecule has 0 fully saturated rings. The fourth-order valence-corrected chi connectivity index (χ4v) is 3.29. The summed E-state index contributed by atoms with van der Waals surface area (Å²) in [7, 11) is 0. The summed E-state index contributed by atoms with van der Waals surface area (Å²) in [6, 6.07) is 8.73. The molecule has 0 saturated carbocycles. The van der Waals surface area contributed by atoms with Gasteiger partial charge >= 0.3 is 0 Å². The van der Waals surface area contributed by atoms with Gasteiger partial charge in [0.1, 0.15) is 5.75 Å². The number of aromatic nitrogens is 1. The maximum atomic E-state index is 5.56. The molecule has 0 amide bonds. The van der Waals surface area contributed by atoms with Crippen molar-refractivity contribution >= 4 is 5.69 Å². The van der Waals surface area contributed by atoms with Crippen LogP contribution in [0.1, 0.15) is 41.0 Å². The van der Waals surface area contributed by atoms with Gasteiger partial charge in [-0.25, -0.2) is 0 Å². The summed E-state index contributed by atoms with van der Waals surface area (Å²) in [5, 5.41) is 3.59. The number of ether oxygens (including phenoxy) is 1. The van der Waals surface area contributed by atoms with Gasteiger partial charge in [0.2, 0.25) is 0 Å². The summed E-state index contributed by atoms with van der Waals surface area (Å²) in [5.41, 5.74) is 7.21. The Morgan fingerprint density at radius 2 is 2.00 bits per heavy atom. The highest BCUT2D eigenvalue weighted by molar-refractivity contribution is 5.54. The Kier molecular flexibility index (Phi) is 3.58. The van der Waals surface area contributed by atoms with E-state index in [1.807, 2.05) is 6.92 Å². The van der Waals surface area contributed by atoms with Gasteiger partial charge in [-0.2, -0.15) is 0 Å². The number of anilines is 1. The van der Waals surface area contributed by atoms with E-state index < -0.39 is 0 Å². The second-order valence-corrected chi connectivity index (χ2v) is 5.87. The van der Waals surface area contributed by atoms with E-state index in [0.717, 1.165) is 35.9 Å². The van der Waals surface area contributed by atoms with Crippen molar-refractivity contribution in [3.63, 3.8) is 0 Å². The maximum Gasteiger partial charge on any atom is 0.122 e. The van der Waals surface area contributed by atoms with E-state index in [9.17, 15) is 0 Å². The van der Waals surface area contributed by atoms with Crippen LogP contribution in [-0.2, 0) is 6.42 Å². The van der Waals surface area contributed by atoms with Gasteiger partial charge in [-0.3, -0.25) is 4.98 Å². The van der Waals surface area contributed by atoms with Gasteiger partial charge in [-0.05, 0) is 68.7 Å². The van der Waals surface area contributed by atoms with Crippen molar-refractivity contribution < 1.29 is 4.74 Å². The summed E-state index contributed by atoms with van der Waals surface area (Å²) >= 11 is 0. The standard InChI is InChI=1S/C18H22N2O/c1-11-9-12(2)19-13(3)18(11)14(4)20-16-5-6-17-15(10-16)7-8-21-17/h5-6,9-10,14,20H,7-8H2,1-4H3. The minimum atomic E-state index is 0.235. The van der Waals surface area contributed by atoms with Crippen molar-refractivity contribution in [3.8, 4) is 5.75 Å². The Hall–Kier alpha value is -2.03. The third kappa shape index (κ3) is 2.73. The Morgan fingerprint density at radius 1 is 1.19 bits per heavy atom. The number of hydrogen-bond acceptors (Lipinski definition) is 3. The third-order valence-electron chi connectivity index (χ3n) is 4.09. The van der Waals surface area contributed by atoms with Crippen molar-refractivity contribution in [1.29, 1.82) is 0 Å². The average Bonchev–Trinajstić information content (AvgIpc) is 2.84. The molecule has 1 aliphatic heterocycles. The van der Waals surface area contributed by atoms with Crippen LogP contribution in [-0.4, -0.2) is 11.6 Å². The molecular weight excluding hydrogens is 260 g/mol. The minimum absolute atomic E-state index is 0.235. The van der Waals surface area contributed by atoms with E-state index in [0.29, 0.717) is 0 Å². The van der Waals surface area contributed by atoms with Gasteiger partial charge in [-0.15, -0.1) is 0 Å². The molecule has 0 saturated heterocycles. The van der Waals surface area contributed by atoms with E-state index >= 15 is 0 Å². The number of nitrogens with zero attached hydrogens (tertiary/aromatic N) is 1. The molecule has 3 nitrogen and oxygen atoms in total. The number of aryl methyl sites for hydroxylation is 3. The van der Waals surface area contributed by atoms with Crippen LogP contribution in [0.2, 0.25) is 0 Å². The summed E-state index contributed by atoms with van der Waals surface area (Å²) < 4.78 is 5.56. The predicted molar refractivity (Wildman–Crippen MR) is 86.1 cm³/mol. The van der Waals surface area contributed by atoms with Crippen LogP contribution in [0.3, 0.4) is 0 Å². The van der Waals surface area contributed by atoms with Crippen molar-refractivity contribution in [3.05, 3.63) is 52.3 Å². The van der Waals surface area contributed by atoms with Gasteiger partial charge in [0.25, 0.3) is 0 Å². The molecule has 1 atom stereocenters. The van der Waals surface area contributed by atoms with Crippen LogP contribution < -0.4 is 10.1 Å². The Morgan fingerprint density at radius 3 is 2.76 bits per heavy atom. The highest BCUT2D eigenvalue weighted by Crippen LogP contribution is 2.30. The van der Waals surface area contributed by atoms with Gasteiger partial charge in [0.05, 0.1) is 12.6 Å². The van der Waals surface area contributed by atoms with Gasteiger partial charge in [0.15, 0.2) is 0 Å². The zero-order valence-corrected chi connectivity index (χ0v) is 13.2. The van der Waals surface area contributed by atoms with E-state index in [1.54, 1.807) is 0 Å². The highest BCUT2D eigenvalue weighted by Gasteiger charge is 2.15. The first kappa shape index (κ1) is 13.9. The highest BCUT2D eigenvalue weighted by atomic mass is 16.5. The van der Waals surface area contributed by atoms with Crippen LogP contribution in [0.25, 0.3) is 0 Å². The van der Waals surface area contributed by atoms with E-state index in [-0.39, 0.29) is 6.04 Å². The number of fused-ring (bicyclic) bond motifs is 1. The first-order chi connectivity index (χ1) is 10.0. The van der Waals surface area contributed by atoms with Crippen LogP contribution >= 0.6 is 0 Å². The maximum absolute atomic E-state index is 5.56. The molecule has 1 aromatic carbocycles. The SMILES string of the molecule is Cc1cc(C)c(C(C)Nc2ccc3c(c2)CCO3)c(C)n1. The van der Waals surface area contributed by atoms with E-state index in [2.05, 4.69) is 55.3 Å². The molecule has 3 rings (SSSR count). The lowest BCUT2D eigenvalue weighted by Gasteiger charge is -2.20. The van der Waals surface area contributed by atoms with Gasteiger partial charge < -0.3 is 10.1 Å². The zero-order valence-electron chi connectivity index (χ0n) is 13.2. The predicted octanol–water partition coefficient (Wildman–Crippen LogP) is 4.11. The molecular formula is C18H22N2O. The molecule has 0 bridgehead atoms. The molecule has 3 heteroatoms. The number of benzene rings is 1. The Labute approximate surface area is 126 Å². The molecule has 21 heavy (non-hydrogen) atoms. The van der Waals surface area contributed by atoms with Crippen molar-refractivity contribution in [1.82, 2.24) is 4.98 Å². The van der Waals surface area contributed by atoms with E-state index in [1.165, 1.54) is 16.7 Å². The number of nitrogens with one attached hydrogen (secondary N) is 1. The summed E-state index contributed by atoms with van der Waals surface area (Å²) in [4.78, 5) is 4.59. The Bertz CT molecular complexity index is 656. The molecule has 2 aromatic rings. The molecule has 1 unspecified atom stereocenters. The number of pyridine rings is 1. The Balaban J connectivity index is 1.85. The van der Waals surface area contributed by atoms with Crippen LogP contribution in [0.4, 0.5) is 5.69 Å². The quantitative estimate of drug-likeness (QED) is 0.919. The average molecular weight is 282 g/mol. The molecule has 0 radical (unpaired) electrons. The topological polar surface area (TPSA) is 34.1 Å². The van der Waals surface area contributed by atoms with Crippen LogP contribution in [0.15, 0.2) is 24.3 Å². The molecule has 2 heterocycles. The first-order valence-electron chi connectivity index (χ1n) is 7.51. The molecule has 0 spiro atoms. The smallest absolute Gasteiger partial charge is 0.122 e. The molecule has 1 N–H and O–H groups in total. The van der Waals surface area contributed by atoms with Gasteiger partial charge in [-0.1, -0.05) is 0 Å². The largest absolute Gasteiger partial charge is 0.493 e. The molecule has 110 valence electrons. The fourth-order valence-electron chi connectivity index (χ4n) is 3.29. The lowest BCUT2D eigenvalue weighted by molar-refractivity contribution is 0.357. The summed E-state index contributed by atoms with van der Waals surface area (Å²) in [6.07, 6.45) is 1.00. The molecule has 1 aromatic heterocycles. The number of hydrogen-bond donors (Lipinski definition) is 1. The van der Waals surface area contributed by atoms with Crippen molar-refractivity contribution in [2.75, 3.05) is 11.9 Å². The summed E-state index contributed by atoms with van der Waals surface area (Å²) in [6.45, 7) is 9.28. The summed E-state index contributed by atoms with van der Waals surface area (Å²) in [5.74, 6) is 1.03. The second kappa shape index (κ2) is 5.40. The van der Waals surface area contributed by atoms with Gasteiger partial charge in [0, 0.05) is 23.5 Å². The van der Waals surface area contributed by atoms with E-state index in [4.69, 9.17) is 4.74 Å². The third-order valence-corrected chi connectivity index (χ3v) is 4.09. The first-order valence-corrected chi connectivity index (χ1v) is 7.51. The normalized spacial score (nSPS) is 14.5. The fraction of sp³-hybridized carbons (Fsp3) is 0.389. The number of rotatable bonds is 3. The second-order valence-electron chi connectivity index (χ2n) is 5.87. The minimum Gasteiger partial charge on any atom is -0.493 e. The monoisotopic (exact) mass is 282 g/mol. The van der Waals surface area contributed by atoms with Crippen LogP contribution in [0.5, 0.6) is 5.75 Å². The molecule has 0 aliphatic carbocycles. The molecule has 1 aliphatic rings. The van der Waals surface area contributed by atoms with Crippen LogP contribution in [0, 0.1) is 20.8 Å². The van der Waals surface area contributed by atoms with Crippen molar-refractivity contribution in [2.24, 2.45) is 0 Å².